The van der Waals surface area contributed by atoms with Gasteiger partial charge < -0.3 is 4.90 Å². The zero-order valence-corrected chi connectivity index (χ0v) is 16.0. The number of nitrogens with zero attached hydrogens (tertiary/aromatic N) is 1. The highest BCUT2D eigenvalue weighted by atomic mass is 15.2. The first-order valence-electron chi connectivity index (χ1n) is 9.55. The molecule has 0 spiro atoms. The SMILES string of the molecule is Cc1ccc(N2c3ccccc3C(C)(C)c3cc4ccccc4cc32)cc1. The average molecular weight is 349 g/mol. The van der Waals surface area contributed by atoms with Gasteiger partial charge in [-0.1, -0.05) is 74.0 Å². The van der Waals surface area contributed by atoms with Crippen molar-refractivity contribution in [1.29, 1.82) is 0 Å². The minimum Gasteiger partial charge on any atom is -0.310 e. The predicted octanol–water partition coefficient (Wildman–Crippen LogP) is 7.26. The van der Waals surface area contributed by atoms with Gasteiger partial charge in [-0.05, 0) is 59.2 Å². The van der Waals surface area contributed by atoms with Gasteiger partial charge in [0.2, 0.25) is 0 Å². The summed E-state index contributed by atoms with van der Waals surface area (Å²) < 4.78 is 0. The first-order valence-corrected chi connectivity index (χ1v) is 9.55. The molecular weight excluding hydrogens is 326 g/mol. The van der Waals surface area contributed by atoms with Crippen LogP contribution >= 0.6 is 0 Å². The first kappa shape index (κ1) is 16.1. The van der Waals surface area contributed by atoms with Gasteiger partial charge in [0.15, 0.2) is 0 Å². The van der Waals surface area contributed by atoms with Gasteiger partial charge in [-0.25, -0.2) is 0 Å². The van der Waals surface area contributed by atoms with Crippen molar-refractivity contribution in [3.63, 3.8) is 0 Å². The predicted molar refractivity (Wildman–Crippen MR) is 115 cm³/mol. The van der Waals surface area contributed by atoms with E-state index >= 15 is 0 Å². The Morgan fingerprint density at radius 3 is 2.00 bits per heavy atom. The quantitative estimate of drug-likeness (QED) is 0.349. The van der Waals surface area contributed by atoms with Crippen LogP contribution in [0.5, 0.6) is 0 Å². The largest absolute Gasteiger partial charge is 0.310 e. The Hall–Kier alpha value is -3.06. The topological polar surface area (TPSA) is 3.24 Å². The fourth-order valence-corrected chi connectivity index (χ4v) is 4.36. The van der Waals surface area contributed by atoms with Crippen LogP contribution in [-0.4, -0.2) is 0 Å². The number of fused-ring (bicyclic) bond motifs is 3. The van der Waals surface area contributed by atoms with Crippen LogP contribution in [0.1, 0.15) is 30.5 Å². The van der Waals surface area contributed by atoms with Crippen LogP contribution in [0.4, 0.5) is 17.1 Å². The summed E-state index contributed by atoms with van der Waals surface area (Å²) in [5, 5.41) is 2.58. The minimum atomic E-state index is -0.0445. The van der Waals surface area contributed by atoms with Crippen molar-refractivity contribution < 1.29 is 0 Å². The Kier molecular flexibility index (Phi) is 3.42. The molecule has 0 fully saturated rings. The Balaban J connectivity index is 1.87. The van der Waals surface area contributed by atoms with Gasteiger partial charge in [0.25, 0.3) is 0 Å². The second kappa shape index (κ2) is 5.72. The Labute approximate surface area is 160 Å². The molecule has 0 saturated carbocycles. The third-order valence-corrected chi connectivity index (χ3v) is 5.89. The van der Waals surface area contributed by atoms with Crippen molar-refractivity contribution in [3.05, 3.63) is 102 Å². The van der Waals surface area contributed by atoms with Crippen LogP contribution in [-0.2, 0) is 5.41 Å². The van der Waals surface area contributed by atoms with Gasteiger partial charge in [-0.3, -0.25) is 0 Å². The van der Waals surface area contributed by atoms with Gasteiger partial charge in [-0.15, -0.1) is 0 Å². The van der Waals surface area contributed by atoms with E-state index in [-0.39, 0.29) is 5.41 Å². The van der Waals surface area contributed by atoms with E-state index in [4.69, 9.17) is 0 Å². The molecule has 1 nitrogen and oxygen atoms in total. The van der Waals surface area contributed by atoms with Crippen molar-refractivity contribution in [1.82, 2.24) is 0 Å². The molecule has 0 aliphatic carbocycles. The maximum atomic E-state index is 2.42. The smallest absolute Gasteiger partial charge is 0.0509 e. The number of para-hydroxylation sites is 1. The van der Waals surface area contributed by atoms with E-state index < -0.39 is 0 Å². The normalized spacial score (nSPS) is 14.7. The van der Waals surface area contributed by atoms with E-state index in [2.05, 4.69) is 111 Å². The third kappa shape index (κ3) is 2.39. The molecule has 27 heavy (non-hydrogen) atoms. The van der Waals surface area contributed by atoms with Crippen LogP contribution in [0.2, 0.25) is 0 Å². The monoisotopic (exact) mass is 349 g/mol. The number of rotatable bonds is 1. The second-order valence-corrected chi connectivity index (χ2v) is 8.03. The number of hydrogen-bond donors (Lipinski definition) is 0. The van der Waals surface area contributed by atoms with Crippen LogP contribution in [0.3, 0.4) is 0 Å². The summed E-state index contributed by atoms with van der Waals surface area (Å²) >= 11 is 0. The van der Waals surface area contributed by atoms with Crippen molar-refractivity contribution in [2.24, 2.45) is 0 Å². The summed E-state index contributed by atoms with van der Waals surface area (Å²) in [7, 11) is 0. The molecule has 0 atom stereocenters. The summed E-state index contributed by atoms with van der Waals surface area (Å²) in [5.74, 6) is 0. The molecule has 1 aliphatic heterocycles. The Bertz CT molecular complexity index is 1150. The van der Waals surface area contributed by atoms with Crippen LogP contribution < -0.4 is 4.90 Å². The number of anilines is 3. The van der Waals surface area contributed by atoms with Gasteiger partial charge >= 0.3 is 0 Å². The maximum absolute atomic E-state index is 2.42. The number of benzene rings is 4. The van der Waals surface area contributed by atoms with Gasteiger partial charge in [0.05, 0.1) is 11.4 Å². The highest BCUT2D eigenvalue weighted by Crippen LogP contribution is 2.52. The minimum absolute atomic E-state index is 0.0445. The maximum Gasteiger partial charge on any atom is 0.0509 e. The van der Waals surface area contributed by atoms with E-state index in [1.165, 1.54) is 44.5 Å². The molecule has 0 unspecified atom stereocenters. The van der Waals surface area contributed by atoms with Crippen molar-refractivity contribution >= 4 is 27.8 Å². The molecule has 1 heteroatoms. The summed E-state index contributed by atoms with van der Waals surface area (Å²) in [5.41, 5.74) is 7.74. The molecular formula is C26H23N. The molecule has 0 radical (unpaired) electrons. The zero-order valence-electron chi connectivity index (χ0n) is 16.0. The van der Waals surface area contributed by atoms with Crippen molar-refractivity contribution in [2.75, 3.05) is 4.90 Å². The summed E-state index contributed by atoms with van der Waals surface area (Å²) in [6.45, 7) is 6.82. The average Bonchev–Trinajstić information content (AvgIpc) is 2.69. The third-order valence-electron chi connectivity index (χ3n) is 5.89. The van der Waals surface area contributed by atoms with E-state index in [0.717, 1.165) is 0 Å². The Morgan fingerprint density at radius 1 is 0.630 bits per heavy atom. The van der Waals surface area contributed by atoms with Crippen molar-refractivity contribution in [3.8, 4) is 0 Å². The molecule has 1 aliphatic rings. The second-order valence-electron chi connectivity index (χ2n) is 8.03. The standard InChI is InChI=1S/C26H23N/c1-18-12-14-21(15-13-18)27-24-11-7-6-10-22(24)26(2,3)23-16-19-8-4-5-9-20(19)17-25(23)27/h4-17H,1-3H3. The molecule has 0 amide bonds. The lowest BCUT2D eigenvalue weighted by Crippen LogP contribution is -2.30. The molecule has 0 bridgehead atoms. The number of aryl methyl sites for hydroxylation is 1. The lowest BCUT2D eigenvalue weighted by Gasteiger charge is -2.42. The lowest BCUT2D eigenvalue weighted by atomic mass is 9.73. The van der Waals surface area contributed by atoms with Gasteiger partial charge in [0, 0.05) is 11.1 Å². The van der Waals surface area contributed by atoms with Crippen LogP contribution in [0.15, 0.2) is 84.9 Å². The fourth-order valence-electron chi connectivity index (χ4n) is 4.36. The fraction of sp³-hybridized carbons (Fsp3) is 0.154. The van der Waals surface area contributed by atoms with Crippen LogP contribution in [0.25, 0.3) is 10.8 Å². The number of hydrogen-bond acceptors (Lipinski definition) is 1. The summed E-state index contributed by atoms with van der Waals surface area (Å²) in [6, 6.07) is 31.0. The van der Waals surface area contributed by atoms with E-state index in [1.807, 2.05) is 0 Å². The van der Waals surface area contributed by atoms with Gasteiger partial charge in [0.1, 0.15) is 0 Å². The molecule has 0 saturated heterocycles. The molecule has 4 aromatic carbocycles. The van der Waals surface area contributed by atoms with E-state index in [0.29, 0.717) is 0 Å². The Morgan fingerprint density at radius 2 is 1.26 bits per heavy atom. The zero-order chi connectivity index (χ0) is 18.6. The highest BCUT2D eigenvalue weighted by molar-refractivity contribution is 5.94. The van der Waals surface area contributed by atoms with Crippen LogP contribution in [0, 0.1) is 6.92 Å². The molecule has 5 rings (SSSR count). The summed E-state index contributed by atoms with van der Waals surface area (Å²) in [6.07, 6.45) is 0. The first-order chi connectivity index (χ1) is 13.1. The highest BCUT2D eigenvalue weighted by Gasteiger charge is 2.36. The van der Waals surface area contributed by atoms with E-state index in [1.54, 1.807) is 0 Å². The van der Waals surface area contributed by atoms with Gasteiger partial charge in [-0.2, -0.15) is 0 Å². The van der Waals surface area contributed by atoms with Crippen molar-refractivity contribution in [2.45, 2.75) is 26.2 Å². The lowest BCUT2D eigenvalue weighted by molar-refractivity contribution is 0.633. The summed E-state index contributed by atoms with van der Waals surface area (Å²) in [4.78, 5) is 2.42. The molecule has 0 aromatic heterocycles. The van der Waals surface area contributed by atoms with E-state index in [9.17, 15) is 0 Å². The molecule has 4 aromatic rings. The molecule has 132 valence electrons. The molecule has 1 heterocycles. The molecule has 0 N–H and O–H groups in total.